The maximum Gasteiger partial charge on any atom is 0.148 e. The van der Waals surface area contributed by atoms with Crippen LogP contribution in [0.15, 0.2) is 60.6 Å². The number of anilines is 2. The van der Waals surface area contributed by atoms with E-state index in [0.29, 0.717) is 24.2 Å². The Hall–Kier alpha value is -2.73. The summed E-state index contributed by atoms with van der Waals surface area (Å²) in [6.45, 7) is 4.28. The van der Waals surface area contributed by atoms with Crippen molar-refractivity contribution in [2.24, 2.45) is 5.92 Å². The van der Waals surface area contributed by atoms with Crippen molar-refractivity contribution in [2.45, 2.75) is 6.42 Å². The number of nitrogens with one attached hydrogen (secondary N) is 3. The van der Waals surface area contributed by atoms with Gasteiger partial charge in [0.1, 0.15) is 11.6 Å². The molecule has 1 aliphatic carbocycles. The highest BCUT2D eigenvalue weighted by molar-refractivity contribution is 6.10. The molecular formula is C19H22F2N4. The maximum atomic E-state index is 14.1. The molecule has 1 aromatic carbocycles. The Kier molecular flexibility index (Phi) is 6.25. The van der Waals surface area contributed by atoms with Gasteiger partial charge in [-0.25, -0.2) is 8.78 Å². The smallest absolute Gasteiger partial charge is 0.148 e. The number of rotatable bonds is 7. The number of halogens is 2. The zero-order valence-electron chi connectivity index (χ0n) is 14.1. The summed E-state index contributed by atoms with van der Waals surface area (Å²) >= 11 is 0. The van der Waals surface area contributed by atoms with Crippen molar-refractivity contribution < 1.29 is 8.78 Å². The molecule has 4 nitrogen and oxygen atoms in total. The van der Waals surface area contributed by atoms with Crippen LogP contribution < -0.4 is 16.4 Å². The van der Waals surface area contributed by atoms with E-state index in [-0.39, 0.29) is 28.8 Å². The van der Waals surface area contributed by atoms with Crippen LogP contribution in [0.3, 0.4) is 0 Å². The Bertz CT molecular complexity index is 763. The van der Waals surface area contributed by atoms with Gasteiger partial charge in [-0.15, -0.1) is 0 Å². The topological polar surface area (TPSA) is 73.9 Å². The molecule has 0 amide bonds. The lowest BCUT2D eigenvalue weighted by Gasteiger charge is -2.14. The molecule has 0 aliphatic heterocycles. The summed E-state index contributed by atoms with van der Waals surface area (Å²) in [6.07, 6.45) is 8.59. The average Bonchev–Trinajstić information content (AvgIpc) is 2.56. The molecule has 0 fully saturated rings. The van der Waals surface area contributed by atoms with E-state index in [4.69, 9.17) is 11.1 Å². The Morgan fingerprint density at radius 3 is 2.84 bits per heavy atom. The minimum Gasteiger partial charge on any atom is -0.398 e. The first-order chi connectivity index (χ1) is 11.9. The fourth-order valence-corrected chi connectivity index (χ4v) is 2.43. The second-order valence-electron chi connectivity index (χ2n) is 5.80. The summed E-state index contributed by atoms with van der Waals surface area (Å²) in [7, 11) is 1.76. The molecule has 25 heavy (non-hydrogen) atoms. The van der Waals surface area contributed by atoms with Crippen LogP contribution in [0.2, 0.25) is 0 Å². The maximum absolute atomic E-state index is 14.1. The van der Waals surface area contributed by atoms with Gasteiger partial charge in [-0.05, 0) is 49.7 Å². The van der Waals surface area contributed by atoms with E-state index >= 15 is 0 Å². The van der Waals surface area contributed by atoms with Gasteiger partial charge in [-0.2, -0.15) is 0 Å². The first kappa shape index (κ1) is 18.6. The van der Waals surface area contributed by atoms with E-state index in [2.05, 4.69) is 17.2 Å². The van der Waals surface area contributed by atoms with Gasteiger partial charge in [0, 0.05) is 23.5 Å². The van der Waals surface area contributed by atoms with E-state index in [9.17, 15) is 8.78 Å². The predicted molar refractivity (Wildman–Crippen MR) is 99.9 cm³/mol. The molecule has 0 bridgehead atoms. The summed E-state index contributed by atoms with van der Waals surface area (Å²) in [6, 6.07) is 2.68. The lowest BCUT2D eigenvalue weighted by atomic mass is 9.98. The third-order valence-corrected chi connectivity index (χ3v) is 3.73. The quantitative estimate of drug-likeness (QED) is 0.448. The number of hydrogen-bond acceptors (Lipinski definition) is 4. The zero-order chi connectivity index (χ0) is 18.4. The summed E-state index contributed by atoms with van der Waals surface area (Å²) in [5.41, 5.74) is 7.42. The molecule has 0 heterocycles. The Morgan fingerprint density at radius 2 is 2.20 bits per heavy atom. The van der Waals surface area contributed by atoms with Crippen molar-refractivity contribution in [3.05, 3.63) is 72.0 Å². The molecule has 2 rings (SSSR count). The van der Waals surface area contributed by atoms with Gasteiger partial charge < -0.3 is 21.8 Å². The lowest BCUT2D eigenvalue weighted by molar-refractivity contribution is 0.631. The summed E-state index contributed by atoms with van der Waals surface area (Å²) in [5.74, 6) is -0.736. The van der Waals surface area contributed by atoms with Crippen molar-refractivity contribution >= 4 is 17.1 Å². The van der Waals surface area contributed by atoms with Gasteiger partial charge >= 0.3 is 0 Å². The molecule has 0 spiro atoms. The monoisotopic (exact) mass is 344 g/mol. The molecule has 1 atom stereocenters. The summed E-state index contributed by atoms with van der Waals surface area (Å²) in [4.78, 5) is 0. The van der Waals surface area contributed by atoms with E-state index in [1.165, 1.54) is 24.3 Å². The van der Waals surface area contributed by atoms with E-state index in [1.807, 2.05) is 0 Å². The van der Waals surface area contributed by atoms with Crippen LogP contribution in [0.25, 0.3) is 0 Å². The minimum atomic E-state index is -0.508. The fourth-order valence-electron chi connectivity index (χ4n) is 2.43. The Labute approximate surface area is 146 Å². The highest BCUT2D eigenvalue weighted by Gasteiger charge is 2.12. The fraction of sp³-hybridized carbons (Fsp3) is 0.211. The number of benzene rings is 1. The van der Waals surface area contributed by atoms with Crippen LogP contribution in [0.4, 0.5) is 20.2 Å². The number of hydrogen-bond donors (Lipinski definition) is 4. The second-order valence-corrected chi connectivity index (χ2v) is 5.80. The Balaban J connectivity index is 2.16. The van der Waals surface area contributed by atoms with Crippen LogP contribution >= 0.6 is 0 Å². The molecule has 6 heteroatoms. The molecule has 0 aromatic heterocycles. The van der Waals surface area contributed by atoms with Gasteiger partial charge in [0.2, 0.25) is 0 Å². The van der Waals surface area contributed by atoms with Crippen LogP contribution in [0.5, 0.6) is 0 Å². The number of nitrogens with two attached hydrogens (primary N) is 1. The molecule has 0 radical (unpaired) electrons. The number of likely N-dealkylation sites (N-methyl/N-ethyl adjacent to an activating group) is 1. The standard InChI is InChI=1S/C19H22F2N4/c1-12(11-24-2)25-19-9-15(18(23)10-16(19)21)17(22)8-5-13-3-6-14(20)7-4-13/h3,5-10,13,22,24-25H,1,4,11,23H2,2H3/b8-5+,22-17?. The minimum absolute atomic E-state index is 0.0227. The molecular weight excluding hydrogens is 322 g/mol. The van der Waals surface area contributed by atoms with Gasteiger partial charge in [-0.3, -0.25) is 0 Å². The van der Waals surface area contributed by atoms with Crippen LogP contribution in [0, 0.1) is 17.1 Å². The third-order valence-electron chi connectivity index (χ3n) is 3.73. The lowest BCUT2D eigenvalue weighted by Crippen LogP contribution is -2.16. The average molecular weight is 344 g/mol. The Morgan fingerprint density at radius 1 is 1.44 bits per heavy atom. The van der Waals surface area contributed by atoms with Crippen LogP contribution in [-0.2, 0) is 0 Å². The zero-order valence-corrected chi connectivity index (χ0v) is 14.1. The molecule has 1 unspecified atom stereocenters. The second kappa shape index (κ2) is 8.39. The molecule has 5 N–H and O–H groups in total. The van der Waals surface area contributed by atoms with Crippen LogP contribution in [0.1, 0.15) is 12.0 Å². The van der Waals surface area contributed by atoms with Gasteiger partial charge in [0.25, 0.3) is 0 Å². The predicted octanol–water partition coefficient (Wildman–Crippen LogP) is 3.91. The van der Waals surface area contributed by atoms with Crippen molar-refractivity contribution in [3.63, 3.8) is 0 Å². The first-order valence-electron chi connectivity index (χ1n) is 7.90. The largest absolute Gasteiger partial charge is 0.398 e. The molecule has 0 saturated heterocycles. The molecule has 1 aromatic rings. The summed E-state index contributed by atoms with van der Waals surface area (Å²) < 4.78 is 27.0. The van der Waals surface area contributed by atoms with Crippen molar-refractivity contribution in [2.75, 3.05) is 24.6 Å². The molecule has 132 valence electrons. The number of allylic oxidation sites excluding steroid dienone is 6. The van der Waals surface area contributed by atoms with Crippen molar-refractivity contribution in [3.8, 4) is 0 Å². The first-order valence-corrected chi connectivity index (χ1v) is 7.90. The highest BCUT2D eigenvalue weighted by atomic mass is 19.1. The molecule has 1 aliphatic rings. The van der Waals surface area contributed by atoms with Gasteiger partial charge in [0.05, 0.1) is 11.4 Å². The van der Waals surface area contributed by atoms with E-state index in [1.54, 1.807) is 25.3 Å². The van der Waals surface area contributed by atoms with Crippen molar-refractivity contribution in [1.29, 1.82) is 5.41 Å². The number of nitrogen functional groups attached to an aromatic ring is 1. The van der Waals surface area contributed by atoms with Crippen LogP contribution in [-0.4, -0.2) is 19.3 Å². The molecule has 0 saturated carbocycles. The normalized spacial score (nSPS) is 16.8. The SMILES string of the molecule is C=C(CNC)Nc1cc(C(=N)/C=C/C2C=CC(F)=CC2)c(N)cc1F. The van der Waals surface area contributed by atoms with E-state index < -0.39 is 5.82 Å². The van der Waals surface area contributed by atoms with E-state index in [0.717, 1.165) is 0 Å². The highest BCUT2D eigenvalue weighted by Crippen LogP contribution is 2.24. The summed E-state index contributed by atoms with van der Waals surface area (Å²) in [5, 5.41) is 14.0. The van der Waals surface area contributed by atoms with Gasteiger partial charge in [-0.1, -0.05) is 18.7 Å². The van der Waals surface area contributed by atoms with Gasteiger partial charge in [0.15, 0.2) is 0 Å². The van der Waals surface area contributed by atoms with Crippen molar-refractivity contribution in [1.82, 2.24) is 5.32 Å². The third kappa shape index (κ3) is 5.12.